The van der Waals surface area contributed by atoms with Gasteiger partial charge >= 0.3 is 5.97 Å². The van der Waals surface area contributed by atoms with E-state index in [1.807, 2.05) is 13.8 Å². The fourth-order valence-corrected chi connectivity index (χ4v) is 3.13. The summed E-state index contributed by atoms with van der Waals surface area (Å²) in [4.78, 5) is 16.1. The summed E-state index contributed by atoms with van der Waals surface area (Å²) < 4.78 is 0. The smallest absolute Gasteiger partial charge is 0.309 e. The van der Waals surface area contributed by atoms with Crippen molar-refractivity contribution < 1.29 is 9.90 Å². The minimum absolute atomic E-state index is 0.600. The Kier molecular flexibility index (Phi) is 3.97. The Labute approximate surface area is 110 Å². The minimum Gasteiger partial charge on any atom is -0.481 e. The molecule has 2 aliphatic rings. The van der Waals surface area contributed by atoms with Crippen molar-refractivity contribution in [3.8, 4) is 0 Å². The summed E-state index contributed by atoms with van der Waals surface area (Å²) in [5.41, 5.74) is -0.600. The number of carboxylic acids is 1. The number of carboxylic acid groups (broad SMARTS) is 1. The van der Waals surface area contributed by atoms with Gasteiger partial charge in [0.25, 0.3) is 0 Å². The summed E-state index contributed by atoms with van der Waals surface area (Å²) in [6, 6.07) is 1.44. The molecular formula is C14H26N2O2. The van der Waals surface area contributed by atoms with E-state index in [0.717, 1.165) is 32.1 Å². The third-order valence-corrected chi connectivity index (χ3v) is 4.86. The predicted molar refractivity (Wildman–Crippen MR) is 71.7 cm³/mol. The molecule has 0 aromatic heterocycles. The van der Waals surface area contributed by atoms with Crippen molar-refractivity contribution >= 4 is 5.97 Å². The van der Waals surface area contributed by atoms with E-state index in [4.69, 9.17) is 5.11 Å². The SMILES string of the molecule is CN1C2CCC1CN(CCC(C)(C)C(=O)O)CC2. The molecule has 104 valence electrons. The fraction of sp³-hybridized carbons (Fsp3) is 0.929. The molecule has 0 radical (unpaired) electrons. The van der Waals surface area contributed by atoms with Crippen LogP contribution in [-0.2, 0) is 4.79 Å². The maximum Gasteiger partial charge on any atom is 0.309 e. The van der Waals surface area contributed by atoms with Crippen molar-refractivity contribution in [1.29, 1.82) is 0 Å². The van der Waals surface area contributed by atoms with E-state index in [1.165, 1.54) is 19.3 Å². The molecule has 2 unspecified atom stereocenters. The van der Waals surface area contributed by atoms with Crippen molar-refractivity contribution in [2.24, 2.45) is 5.41 Å². The third-order valence-electron chi connectivity index (χ3n) is 4.86. The summed E-state index contributed by atoms with van der Waals surface area (Å²) in [5, 5.41) is 9.15. The van der Waals surface area contributed by atoms with Gasteiger partial charge in [0.15, 0.2) is 0 Å². The first-order valence-corrected chi connectivity index (χ1v) is 7.08. The average molecular weight is 254 g/mol. The normalized spacial score (nSPS) is 30.4. The van der Waals surface area contributed by atoms with E-state index in [2.05, 4.69) is 16.8 Å². The molecule has 2 rings (SSSR count). The molecule has 2 fully saturated rings. The first kappa shape index (κ1) is 13.8. The standard InChI is InChI=1S/C14H26N2O2/c1-14(2,13(17)18)7-9-16-8-6-11-4-5-12(10-16)15(11)3/h11-12H,4-10H2,1-3H3,(H,17,18). The lowest BCUT2D eigenvalue weighted by atomic mass is 9.89. The van der Waals surface area contributed by atoms with Crippen LogP contribution in [0.25, 0.3) is 0 Å². The van der Waals surface area contributed by atoms with Gasteiger partial charge in [0.1, 0.15) is 0 Å². The van der Waals surface area contributed by atoms with Crippen molar-refractivity contribution in [2.75, 3.05) is 26.7 Å². The number of rotatable bonds is 4. The van der Waals surface area contributed by atoms with E-state index < -0.39 is 11.4 Å². The Balaban J connectivity index is 1.86. The zero-order valence-electron chi connectivity index (χ0n) is 11.9. The molecule has 0 aliphatic carbocycles. The van der Waals surface area contributed by atoms with E-state index in [9.17, 15) is 4.79 Å². The molecule has 2 aliphatic heterocycles. The summed E-state index contributed by atoms with van der Waals surface area (Å²) in [6.07, 6.45) is 4.62. The lowest BCUT2D eigenvalue weighted by Gasteiger charge is -2.28. The Morgan fingerprint density at radius 1 is 1.28 bits per heavy atom. The van der Waals surface area contributed by atoms with E-state index >= 15 is 0 Å². The van der Waals surface area contributed by atoms with Crippen LogP contribution >= 0.6 is 0 Å². The molecule has 0 spiro atoms. The van der Waals surface area contributed by atoms with Crippen molar-refractivity contribution in [2.45, 2.75) is 51.6 Å². The molecule has 4 heteroatoms. The molecule has 1 N–H and O–H groups in total. The molecular weight excluding hydrogens is 228 g/mol. The second-order valence-electron chi connectivity index (χ2n) is 6.58. The van der Waals surface area contributed by atoms with Crippen molar-refractivity contribution in [3.05, 3.63) is 0 Å². The highest BCUT2D eigenvalue weighted by Crippen LogP contribution is 2.29. The topological polar surface area (TPSA) is 43.8 Å². The number of likely N-dealkylation sites (tertiary alicyclic amines) is 1. The quantitative estimate of drug-likeness (QED) is 0.828. The zero-order chi connectivity index (χ0) is 13.3. The van der Waals surface area contributed by atoms with Crippen LogP contribution in [0.3, 0.4) is 0 Å². The molecule has 0 aromatic carbocycles. The molecule has 2 bridgehead atoms. The fourth-order valence-electron chi connectivity index (χ4n) is 3.13. The number of likely N-dealkylation sites (N-methyl/N-ethyl adjacent to an activating group) is 1. The molecule has 18 heavy (non-hydrogen) atoms. The van der Waals surface area contributed by atoms with Crippen LogP contribution in [-0.4, -0.2) is 59.6 Å². The summed E-state index contributed by atoms with van der Waals surface area (Å²) in [7, 11) is 2.24. The van der Waals surface area contributed by atoms with Crippen LogP contribution in [0.15, 0.2) is 0 Å². The van der Waals surface area contributed by atoms with Gasteiger partial charge in [-0.2, -0.15) is 0 Å². The zero-order valence-corrected chi connectivity index (χ0v) is 11.9. The highest BCUT2D eigenvalue weighted by Gasteiger charge is 2.35. The van der Waals surface area contributed by atoms with E-state index in [1.54, 1.807) is 0 Å². The monoisotopic (exact) mass is 254 g/mol. The number of hydrogen-bond donors (Lipinski definition) is 1. The molecule has 0 aromatic rings. The predicted octanol–water partition coefficient (Wildman–Crippen LogP) is 1.66. The van der Waals surface area contributed by atoms with Crippen LogP contribution in [0.1, 0.15) is 39.5 Å². The van der Waals surface area contributed by atoms with E-state index in [-0.39, 0.29) is 0 Å². The summed E-state index contributed by atoms with van der Waals surface area (Å²) >= 11 is 0. The molecule has 0 saturated carbocycles. The molecule has 2 atom stereocenters. The largest absolute Gasteiger partial charge is 0.481 e. The average Bonchev–Trinajstić information content (AvgIpc) is 2.52. The maximum absolute atomic E-state index is 11.1. The first-order valence-electron chi connectivity index (χ1n) is 7.08. The Morgan fingerprint density at radius 2 is 1.94 bits per heavy atom. The van der Waals surface area contributed by atoms with Gasteiger partial charge in [0.05, 0.1) is 5.41 Å². The Hall–Kier alpha value is -0.610. The van der Waals surface area contributed by atoms with Crippen LogP contribution in [0.2, 0.25) is 0 Å². The van der Waals surface area contributed by atoms with E-state index in [0.29, 0.717) is 6.04 Å². The summed E-state index contributed by atoms with van der Waals surface area (Å²) in [6.45, 7) is 6.80. The van der Waals surface area contributed by atoms with Crippen molar-refractivity contribution in [3.63, 3.8) is 0 Å². The lowest BCUT2D eigenvalue weighted by Crippen LogP contribution is -2.38. The second kappa shape index (κ2) is 5.17. The van der Waals surface area contributed by atoms with Gasteiger partial charge in [0.2, 0.25) is 0 Å². The molecule has 0 amide bonds. The van der Waals surface area contributed by atoms with Gasteiger partial charge in [-0.1, -0.05) is 0 Å². The Morgan fingerprint density at radius 3 is 2.61 bits per heavy atom. The van der Waals surface area contributed by atoms with Gasteiger partial charge in [-0.15, -0.1) is 0 Å². The maximum atomic E-state index is 11.1. The number of hydrogen-bond acceptors (Lipinski definition) is 3. The Bertz CT molecular complexity index is 317. The van der Waals surface area contributed by atoms with Crippen LogP contribution in [0.5, 0.6) is 0 Å². The number of carbonyl (C=O) groups is 1. The van der Waals surface area contributed by atoms with Gasteiger partial charge in [-0.05, 0) is 59.7 Å². The highest BCUT2D eigenvalue weighted by atomic mass is 16.4. The molecule has 2 saturated heterocycles. The number of nitrogens with zero attached hydrogens (tertiary/aromatic N) is 2. The third kappa shape index (κ3) is 2.86. The van der Waals surface area contributed by atoms with Gasteiger partial charge in [-0.25, -0.2) is 0 Å². The summed E-state index contributed by atoms with van der Waals surface area (Å²) in [5.74, 6) is -0.684. The highest BCUT2D eigenvalue weighted by molar-refractivity contribution is 5.73. The van der Waals surface area contributed by atoms with Crippen LogP contribution < -0.4 is 0 Å². The van der Waals surface area contributed by atoms with Crippen molar-refractivity contribution in [1.82, 2.24) is 9.80 Å². The number of aliphatic carboxylic acids is 1. The first-order chi connectivity index (χ1) is 8.40. The van der Waals surface area contributed by atoms with Gasteiger partial charge in [0, 0.05) is 18.6 Å². The minimum atomic E-state index is -0.684. The molecule has 2 heterocycles. The van der Waals surface area contributed by atoms with Gasteiger partial charge in [-0.3, -0.25) is 9.69 Å². The number of fused-ring (bicyclic) bond motifs is 2. The van der Waals surface area contributed by atoms with Crippen LogP contribution in [0, 0.1) is 5.41 Å². The second-order valence-corrected chi connectivity index (χ2v) is 6.58. The van der Waals surface area contributed by atoms with Gasteiger partial charge < -0.3 is 10.0 Å². The lowest BCUT2D eigenvalue weighted by molar-refractivity contribution is -0.147. The molecule has 4 nitrogen and oxygen atoms in total. The van der Waals surface area contributed by atoms with Crippen LogP contribution in [0.4, 0.5) is 0 Å².